The van der Waals surface area contributed by atoms with Crippen LogP contribution in [-0.4, -0.2) is 65.0 Å². The van der Waals surface area contributed by atoms with E-state index in [0.29, 0.717) is 11.8 Å². The molecule has 7 nitrogen and oxygen atoms in total. The third-order valence-electron chi connectivity index (χ3n) is 6.44. The Labute approximate surface area is 165 Å². The minimum atomic E-state index is 0.120. The summed E-state index contributed by atoms with van der Waals surface area (Å²) in [7, 11) is 0. The molecule has 0 radical (unpaired) electrons. The van der Waals surface area contributed by atoms with E-state index in [2.05, 4.69) is 25.8 Å². The van der Waals surface area contributed by atoms with Crippen molar-refractivity contribution < 1.29 is 4.74 Å². The van der Waals surface area contributed by atoms with Gasteiger partial charge in [0.25, 0.3) is 5.56 Å². The molecule has 2 bridgehead atoms. The first-order valence-corrected chi connectivity index (χ1v) is 10.6. The van der Waals surface area contributed by atoms with E-state index in [1.54, 1.807) is 0 Å². The Kier molecular flexibility index (Phi) is 5.05. The van der Waals surface area contributed by atoms with Crippen molar-refractivity contribution in [1.82, 2.24) is 24.3 Å². The van der Waals surface area contributed by atoms with Gasteiger partial charge in [-0.05, 0) is 37.4 Å². The summed E-state index contributed by atoms with van der Waals surface area (Å²) in [5, 5.41) is 3.50. The lowest BCUT2D eigenvalue weighted by Crippen LogP contribution is -2.45. The molecular formula is C21H29N5O2. The molecule has 150 valence electrons. The fraction of sp³-hybridized carbons (Fsp3) is 0.619. The van der Waals surface area contributed by atoms with Gasteiger partial charge in [-0.25, -0.2) is 4.98 Å². The molecule has 5 heterocycles. The van der Waals surface area contributed by atoms with Crippen LogP contribution in [0.4, 0.5) is 0 Å². The number of aryl methyl sites for hydroxylation is 1. The lowest BCUT2D eigenvalue weighted by atomic mass is 9.84. The second-order valence-corrected chi connectivity index (χ2v) is 8.30. The number of hydrogen-bond donors (Lipinski definition) is 1. The molecule has 5 rings (SSSR count). The SMILES string of the molecule is O=c1c(-c2nccn2CCCN2CCOCC2)ccc2n1C[C@@H]1CNC[C@H]2C1. The highest BCUT2D eigenvalue weighted by Gasteiger charge is 2.31. The molecule has 0 aromatic carbocycles. The van der Waals surface area contributed by atoms with Gasteiger partial charge >= 0.3 is 0 Å². The lowest BCUT2D eigenvalue weighted by molar-refractivity contribution is 0.0369. The maximum absolute atomic E-state index is 13.3. The summed E-state index contributed by atoms with van der Waals surface area (Å²) in [5.74, 6) is 1.83. The zero-order valence-corrected chi connectivity index (χ0v) is 16.3. The van der Waals surface area contributed by atoms with E-state index in [9.17, 15) is 4.79 Å². The van der Waals surface area contributed by atoms with Crippen LogP contribution in [-0.2, 0) is 17.8 Å². The van der Waals surface area contributed by atoms with Crippen LogP contribution in [0, 0.1) is 5.92 Å². The molecule has 2 atom stereocenters. The first-order valence-electron chi connectivity index (χ1n) is 10.6. The predicted octanol–water partition coefficient (Wildman–Crippen LogP) is 1.14. The van der Waals surface area contributed by atoms with Crippen LogP contribution in [0.25, 0.3) is 11.4 Å². The third kappa shape index (κ3) is 3.43. The number of piperidine rings is 1. The fourth-order valence-electron chi connectivity index (χ4n) is 4.98. The van der Waals surface area contributed by atoms with E-state index < -0.39 is 0 Å². The third-order valence-corrected chi connectivity index (χ3v) is 6.44. The zero-order valence-electron chi connectivity index (χ0n) is 16.3. The Morgan fingerprint density at radius 3 is 2.96 bits per heavy atom. The summed E-state index contributed by atoms with van der Waals surface area (Å²) in [4.78, 5) is 20.3. The maximum atomic E-state index is 13.3. The average Bonchev–Trinajstić information content (AvgIpc) is 3.18. The summed E-state index contributed by atoms with van der Waals surface area (Å²) >= 11 is 0. The molecule has 7 heteroatoms. The first-order chi connectivity index (χ1) is 13.8. The average molecular weight is 383 g/mol. The van der Waals surface area contributed by atoms with Gasteiger partial charge in [0.2, 0.25) is 0 Å². The van der Waals surface area contributed by atoms with E-state index >= 15 is 0 Å². The van der Waals surface area contributed by atoms with Crippen molar-refractivity contribution in [3.05, 3.63) is 40.6 Å². The Morgan fingerprint density at radius 1 is 1.18 bits per heavy atom. The second kappa shape index (κ2) is 7.81. The highest BCUT2D eigenvalue weighted by atomic mass is 16.5. The first kappa shape index (κ1) is 18.1. The van der Waals surface area contributed by atoms with Gasteiger partial charge in [-0.15, -0.1) is 0 Å². The number of pyridine rings is 1. The quantitative estimate of drug-likeness (QED) is 0.839. The smallest absolute Gasteiger partial charge is 0.261 e. The van der Waals surface area contributed by atoms with E-state index in [0.717, 1.165) is 76.8 Å². The van der Waals surface area contributed by atoms with Crippen LogP contribution < -0.4 is 10.9 Å². The molecule has 0 unspecified atom stereocenters. The summed E-state index contributed by atoms with van der Waals surface area (Å²) in [6.45, 7) is 8.45. The van der Waals surface area contributed by atoms with Gasteiger partial charge in [0.15, 0.2) is 0 Å². The number of rotatable bonds is 5. The van der Waals surface area contributed by atoms with Gasteiger partial charge < -0.3 is 19.2 Å². The number of nitrogens with one attached hydrogen (secondary N) is 1. The Bertz CT molecular complexity index is 883. The summed E-state index contributed by atoms with van der Waals surface area (Å²) in [5.41, 5.74) is 2.03. The highest BCUT2D eigenvalue weighted by Crippen LogP contribution is 2.32. The Morgan fingerprint density at radius 2 is 2.07 bits per heavy atom. The van der Waals surface area contributed by atoms with Gasteiger partial charge in [0.05, 0.1) is 18.8 Å². The van der Waals surface area contributed by atoms with Crippen LogP contribution in [0.5, 0.6) is 0 Å². The molecule has 3 aliphatic heterocycles. The number of aromatic nitrogens is 3. The second-order valence-electron chi connectivity index (χ2n) is 8.30. The minimum absolute atomic E-state index is 0.120. The molecule has 0 saturated carbocycles. The van der Waals surface area contributed by atoms with Crippen molar-refractivity contribution in [2.24, 2.45) is 5.92 Å². The molecule has 0 amide bonds. The fourth-order valence-corrected chi connectivity index (χ4v) is 4.98. The summed E-state index contributed by atoms with van der Waals surface area (Å²) < 4.78 is 9.57. The normalized spacial score (nSPS) is 24.9. The minimum Gasteiger partial charge on any atom is -0.379 e. The molecule has 1 N–H and O–H groups in total. The Balaban J connectivity index is 1.35. The monoisotopic (exact) mass is 383 g/mol. The van der Waals surface area contributed by atoms with Crippen molar-refractivity contribution >= 4 is 0 Å². The predicted molar refractivity (Wildman–Crippen MR) is 108 cm³/mol. The highest BCUT2D eigenvalue weighted by molar-refractivity contribution is 5.54. The lowest BCUT2D eigenvalue weighted by Gasteiger charge is -2.37. The number of hydrogen-bond acceptors (Lipinski definition) is 5. The van der Waals surface area contributed by atoms with Crippen LogP contribution in [0.3, 0.4) is 0 Å². The van der Waals surface area contributed by atoms with E-state index in [-0.39, 0.29) is 5.56 Å². The van der Waals surface area contributed by atoms with E-state index in [1.807, 2.05) is 23.0 Å². The molecule has 28 heavy (non-hydrogen) atoms. The van der Waals surface area contributed by atoms with Crippen LogP contribution in [0.15, 0.2) is 29.3 Å². The van der Waals surface area contributed by atoms with Crippen LogP contribution >= 0.6 is 0 Å². The molecule has 2 saturated heterocycles. The van der Waals surface area contributed by atoms with Crippen molar-refractivity contribution in [1.29, 1.82) is 0 Å². The molecular weight excluding hydrogens is 354 g/mol. The van der Waals surface area contributed by atoms with Crippen LogP contribution in [0.1, 0.15) is 24.5 Å². The largest absolute Gasteiger partial charge is 0.379 e. The molecule has 2 aromatic rings. The molecule has 0 aliphatic carbocycles. The summed E-state index contributed by atoms with van der Waals surface area (Å²) in [6, 6.07) is 4.14. The van der Waals surface area contributed by atoms with Crippen molar-refractivity contribution in [2.75, 3.05) is 45.9 Å². The van der Waals surface area contributed by atoms with Crippen molar-refractivity contribution in [3.8, 4) is 11.4 Å². The number of ether oxygens (including phenoxy) is 1. The Hall–Kier alpha value is -1.96. The molecule has 2 aromatic heterocycles. The van der Waals surface area contributed by atoms with Gasteiger partial charge in [0.1, 0.15) is 5.82 Å². The molecule has 0 spiro atoms. The maximum Gasteiger partial charge on any atom is 0.261 e. The number of imidazole rings is 1. The van der Waals surface area contributed by atoms with Gasteiger partial charge in [0, 0.05) is 63.3 Å². The van der Waals surface area contributed by atoms with Gasteiger partial charge in [-0.2, -0.15) is 0 Å². The van der Waals surface area contributed by atoms with Gasteiger partial charge in [-0.1, -0.05) is 0 Å². The number of nitrogens with zero attached hydrogens (tertiary/aromatic N) is 4. The molecule has 2 fully saturated rings. The number of fused-ring (bicyclic) bond motifs is 4. The van der Waals surface area contributed by atoms with Crippen LogP contribution in [0.2, 0.25) is 0 Å². The van der Waals surface area contributed by atoms with Crippen molar-refractivity contribution in [3.63, 3.8) is 0 Å². The standard InChI is InChI=1S/C21H29N5O2/c27-21-18(2-3-19-17-12-16(13-22-14-17)15-26(19)21)20-23-4-7-25(20)6-1-5-24-8-10-28-11-9-24/h2-4,7,16-17,22H,1,5-6,8-15H2/t16-,17+/m0/s1. The summed E-state index contributed by atoms with van der Waals surface area (Å²) in [6.07, 6.45) is 6.05. The number of morpholine rings is 1. The van der Waals surface area contributed by atoms with Gasteiger partial charge in [-0.3, -0.25) is 9.69 Å². The van der Waals surface area contributed by atoms with E-state index in [4.69, 9.17) is 4.74 Å². The zero-order chi connectivity index (χ0) is 18.9. The molecule has 3 aliphatic rings. The van der Waals surface area contributed by atoms with E-state index in [1.165, 1.54) is 12.1 Å². The topological polar surface area (TPSA) is 64.3 Å². The van der Waals surface area contributed by atoms with Crippen molar-refractivity contribution in [2.45, 2.75) is 31.8 Å².